The maximum absolute atomic E-state index is 5.65. The van der Waals surface area contributed by atoms with Gasteiger partial charge in [-0.2, -0.15) is 5.10 Å². The molecule has 20 heavy (non-hydrogen) atoms. The summed E-state index contributed by atoms with van der Waals surface area (Å²) in [5.74, 6) is 0.495. The van der Waals surface area contributed by atoms with Gasteiger partial charge in [0.05, 0.1) is 17.8 Å². The highest BCUT2D eigenvalue weighted by molar-refractivity contribution is 5.04. The van der Waals surface area contributed by atoms with Crippen LogP contribution in [0.2, 0.25) is 0 Å². The summed E-state index contributed by atoms with van der Waals surface area (Å²) in [6.45, 7) is 4.41. The summed E-state index contributed by atoms with van der Waals surface area (Å²) in [6.07, 6.45) is 8.54. The first-order valence-electron chi connectivity index (χ1n) is 7.89. The lowest BCUT2D eigenvalue weighted by atomic mass is 9.96. The summed E-state index contributed by atoms with van der Waals surface area (Å²) in [7, 11) is 3.80. The van der Waals surface area contributed by atoms with Crippen molar-refractivity contribution in [2.75, 3.05) is 14.2 Å². The SMILES string of the molecule is CNC(Cc1ccn(C2CCCC2)n1)C(OC)C(C)C. The van der Waals surface area contributed by atoms with E-state index in [1.165, 1.54) is 31.4 Å². The minimum Gasteiger partial charge on any atom is -0.380 e. The lowest BCUT2D eigenvalue weighted by molar-refractivity contribution is 0.0351. The van der Waals surface area contributed by atoms with Gasteiger partial charge in [-0.3, -0.25) is 4.68 Å². The van der Waals surface area contributed by atoms with Crippen molar-refractivity contribution in [3.8, 4) is 0 Å². The molecule has 0 bridgehead atoms. The summed E-state index contributed by atoms with van der Waals surface area (Å²) < 4.78 is 7.82. The molecule has 1 aromatic heterocycles. The van der Waals surface area contributed by atoms with Crippen molar-refractivity contribution in [2.45, 2.75) is 64.1 Å². The van der Waals surface area contributed by atoms with Gasteiger partial charge < -0.3 is 10.1 Å². The lowest BCUT2D eigenvalue weighted by Gasteiger charge is -2.28. The van der Waals surface area contributed by atoms with Gasteiger partial charge in [-0.25, -0.2) is 0 Å². The highest BCUT2D eigenvalue weighted by Crippen LogP contribution is 2.28. The third-order valence-corrected chi connectivity index (χ3v) is 4.49. The number of rotatable bonds is 7. The van der Waals surface area contributed by atoms with E-state index in [1.54, 1.807) is 7.11 Å². The quantitative estimate of drug-likeness (QED) is 0.834. The Morgan fingerprint density at radius 3 is 2.65 bits per heavy atom. The zero-order valence-electron chi connectivity index (χ0n) is 13.3. The Kier molecular flexibility index (Phi) is 5.61. The molecule has 1 fully saturated rings. The number of hydrogen-bond donors (Lipinski definition) is 1. The van der Waals surface area contributed by atoms with Crippen LogP contribution in [0.1, 0.15) is 51.3 Å². The van der Waals surface area contributed by atoms with Gasteiger partial charge in [0.1, 0.15) is 0 Å². The van der Waals surface area contributed by atoms with E-state index in [1.807, 2.05) is 7.05 Å². The maximum atomic E-state index is 5.65. The summed E-state index contributed by atoms with van der Waals surface area (Å²) in [5, 5.41) is 8.16. The zero-order chi connectivity index (χ0) is 14.5. The Hall–Kier alpha value is -0.870. The monoisotopic (exact) mass is 279 g/mol. The summed E-state index contributed by atoms with van der Waals surface area (Å²) in [4.78, 5) is 0. The predicted octanol–water partition coefficient (Wildman–Crippen LogP) is 2.80. The van der Waals surface area contributed by atoms with Gasteiger partial charge in [-0.1, -0.05) is 26.7 Å². The first-order valence-corrected chi connectivity index (χ1v) is 7.89. The number of nitrogens with zero attached hydrogens (tertiary/aromatic N) is 2. The van der Waals surface area contributed by atoms with Crippen molar-refractivity contribution in [2.24, 2.45) is 5.92 Å². The van der Waals surface area contributed by atoms with Crippen molar-refractivity contribution < 1.29 is 4.74 Å². The first kappa shape index (κ1) is 15.5. The van der Waals surface area contributed by atoms with Gasteiger partial charge in [0.2, 0.25) is 0 Å². The van der Waals surface area contributed by atoms with Gasteiger partial charge in [-0.15, -0.1) is 0 Å². The molecule has 1 aromatic rings. The molecule has 1 saturated carbocycles. The Balaban J connectivity index is 2.00. The van der Waals surface area contributed by atoms with Crippen molar-refractivity contribution in [3.05, 3.63) is 18.0 Å². The Bertz CT molecular complexity index is 396. The average Bonchev–Trinajstić information content (AvgIpc) is 3.08. The Morgan fingerprint density at radius 1 is 1.40 bits per heavy atom. The molecular weight excluding hydrogens is 250 g/mol. The van der Waals surface area contributed by atoms with Gasteiger partial charge in [0.15, 0.2) is 0 Å². The Labute approximate surface area is 122 Å². The second kappa shape index (κ2) is 7.23. The standard InChI is InChI=1S/C16H29N3O/c1-12(2)16(20-4)15(17-3)11-13-9-10-19(18-13)14-7-5-6-8-14/h9-10,12,14-17H,5-8,11H2,1-4H3. The number of hydrogen-bond acceptors (Lipinski definition) is 3. The molecule has 1 N–H and O–H groups in total. The molecule has 0 saturated heterocycles. The summed E-state index contributed by atoms with van der Waals surface area (Å²) in [6, 6.07) is 3.10. The van der Waals surface area contributed by atoms with Crippen molar-refractivity contribution >= 4 is 0 Å². The van der Waals surface area contributed by atoms with E-state index in [0.29, 0.717) is 18.0 Å². The van der Waals surface area contributed by atoms with Crippen LogP contribution in [0.3, 0.4) is 0 Å². The molecule has 1 aliphatic rings. The van der Waals surface area contributed by atoms with Crippen molar-refractivity contribution in [1.82, 2.24) is 15.1 Å². The molecular formula is C16H29N3O. The molecule has 0 aromatic carbocycles. The van der Waals surface area contributed by atoms with E-state index in [4.69, 9.17) is 9.84 Å². The topological polar surface area (TPSA) is 39.1 Å². The molecule has 0 amide bonds. The average molecular weight is 279 g/mol. The summed E-state index contributed by atoms with van der Waals surface area (Å²) >= 11 is 0. The minimum atomic E-state index is 0.219. The zero-order valence-corrected chi connectivity index (χ0v) is 13.3. The van der Waals surface area contributed by atoms with Crippen LogP contribution in [0.25, 0.3) is 0 Å². The molecule has 0 aliphatic heterocycles. The third-order valence-electron chi connectivity index (χ3n) is 4.49. The predicted molar refractivity (Wildman–Crippen MR) is 81.9 cm³/mol. The fraction of sp³-hybridized carbons (Fsp3) is 0.812. The number of ether oxygens (including phenoxy) is 1. The fourth-order valence-electron chi connectivity index (χ4n) is 3.37. The largest absolute Gasteiger partial charge is 0.380 e. The second-order valence-corrected chi connectivity index (χ2v) is 6.27. The number of aromatic nitrogens is 2. The van der Waals surface area contributed by atoms with Crippen LogP contribution in [0.4, 0.5) is 0 Å². The van der Waals surface area contributed by atoms with E-state index >= 15 is 0 Å². The molecule has 114 valence electrons. The maximum Gasteiger partial charge on any atom is 0.0750 e. The van der Waals surface area contributed by atoms with Gasteiger partial charge >= 0.3 is 0 Å². The normalized spacial score (nSPS) is 19.6. The number of nitrogens with one attached hydrogen (secondary N) is 1. The van der Waals surface area contributed by atoms with E-state index in [2.05, 4.69) is 36.1 Å². The third kappa shape index (κ3) is 3.61. The smallest absolute Gasteiger partial charge is 0.0750 e. The van der Waals surface area contributed by atoms with Gasteiger partial charge in [0.25, 0.3) is 0 Å². The fourth-order valence-corrected chi connectivity index (χ4v) is 3.37. The van der Waals surface area contributed by atoms with Crippen LogP contribution in [-0.4, -0.2) is 36.1 Å². The molecule has 0 spiro atoms. The molecule has 4 heteroatoms. The van der Waals surface area contributed by atoms with Crippen LogP contribution in [0, 0.1) is 5.92 Å². The van der Waals surface area contributed by atoms with Crippen LogP contribution < -0.4 is 5.32 Å². The van der Waals surface area contributed by atoms with Crippen molar-refractivity contribution in [3.63, 3.8) is 0 Å². The summed E-state index contributed by atoms with van der Waals surface area (Å²) in [5.41, 5.74) is 1.17. The van der Waals surface area contributed by atoms with E-state index in [0.717, 1.165) is 6.42 Å². The van der Waals surface area contributed by atoms with Crippen LogP contribution in [0.5, 0.6) is 0 Å². The second-order valence-electron chi connectivity index (χ2n) is 6.27. The number of likely N-dealkylation sites (N-methyl/N-ethyl adjacent to an activating group) is 1. The number of methoxy groups -OCH3 is 1. The van der Waals surface area contributed by atoms with E-state index < -0.39 is 0 Å². The van der Waals surface area contributed by atoms with Gasteiger partial charge in [-0.05, 0) is 31.9 Å². The molecule has 2 unspecified atom stereocenters. The van der Waals surface area contributed by atoms with E-state index in [-0.39, 0.29) is 6.10 Å². The van der Waals surface area contributed by atoms with Crippen molar-refractivity contribution in [1.29, 1.82) is 0 Å². The minimum absolute atomic E-state index is 0.219. The van der Waals surface area contributed by atoms with Crippen LogP contribution in [0.15, 0.2) is 12.3 Å². The molecule has 2 rings (SSSR count). The Morgan fingerprint density at radius 2 is 2.10 bits per heavy atom. The first-order chi connectivity index (χ1) is 9.65. The molecule has 1 heterocycles. The van der Waals surface area contributed by atoms with Gasteiger partial charge in [0, 0.05) is 25.8 Å². The highest BCUT2D eigenvalue weighted by Gasteiger charge is 2.24. The van der Waals surface area contributed by atoms with E-state index in [9.17, 15) is 0 Å². The molecule has 4 nitrogen and oxygen atoms in total. The molecule has 2 atom stereocenters. The highest BCUT2D eigenvalue weighted by atomic mass is 16.5. The van der Waals surface area contributed by atoms with Crippen LogP contribution >= 0.6 is 0 Å². The lowest BCUT2D eigenvalue weighted by Crippen LogP contribution is -2.43. The molecule has 1 aliphatic carbocycles. The van der Waals surface area contributed by atoms with Crippen LogP contribution in [-0.2, 0) is 11.2 Å². The molecule has 0 radical (unpaired) electrons.